The number of benzene rings is 1. The first-order valence-electron chi connectivity index (χ1n) is 7.60. The molecule has 0 N–H and O–H groups in total. The third-order valence-corrected chi connectivity index (χ3v) is 5.83. The monoisotopic (exact) mass is 463 g/mol. The van der Waals surface area contributed by atoms with Crippen LogP contribution in [0.2, 0.25) is 0 Å². The minimum atomic E-state index is -1.28. The first kappa shape index (κ1) is 19.8. The number of nitrogens with zero attached hydrogens (tertiary/aromatic N) is 1. The zero-order valence-corrected chi connectivity index (χ0v) is 16.4. The fraction of sp³-hybridized carbons (Fsp3) is 0.444. The Hall–Kier alpha value is -1.56. The Labute approximate surface area is 158 Å². The molecule has 0 aliphatic heterocycles. The van der Waals surface area contributed by atoms with E-state index in [-0.39, 0.29) is 20.5 Å². The van der Waals surface area contributed by atoms with E-state index in [0.29, 0.717) is 5.57 Å². The molecule has 2 atom stereocenters. The van der Waals surface area contributed by atoms with E-state index in [2.05, 4.69) is 0 Å². The highest BCUT2D eigenvalue weighted by Crippen LogP contribution is 2.59. The maximum absolute atomic E-state index is 14.0. The zero-order chi connectivity index (χ0) is 19.1. The van der Waals surface area contributed by atoms with Crippen molar-refractivity contribution < 1.29 is 22.7 Å². The Balaban J connectivity index is 2.16. The Kier molecular flexibility index (Phi) is 5.52. The molecule has 0 amide bonds. The third kappa shape index (κ3) is 3.54. The lowest BCUT2D eigenvalue weighted by atomic mass is 10.1. The zero-order valence-electron chi connectivity index (χ0n) is 14.2. The van der Waals surface area contributed by atoms with Crippen LogP contribution in [0.3, 0.4) is 0 Å². The second-order valence-electron chi connectivity index (χ2n) is 6.75. The summed E-state index contributed by atoms with van der Waals surface area (Å²) in [5.41, 5.74) is -0.604. The minimum absolute atomic E-state index is 0.103. The van der Waals surface area contributed by atoms with Crippen molar-refractivity contribution in [1.29, 1.82) is 5.26 Å². The number of carbonyl (C=O) groups excluding carboxylic acids is 1. The Bertz CT molecular complexity index is 783. The highest BCUT2D eigenvalue weighted by molar-refractivity contribution is 14.1. The van der Waals surface area contributed by atoms with Crippen LogP contribution >= 0.6 is 22.6 Å². The lowest BCUT2D eigenvalue weighted by Gasteiger charge is -2.12. The van der Waals surface area contributed by atoms with Gasteiger partial charge in [0.05, 0.1) is 15.6 Å². The quantitative estimate of drug-likeness (QED) is 0.279. The van der Waals surface area contributed by atoms with Crippen LogP contribution in [0.5, 0.6) is 0 Å². The molecule has 1 fully saturated rings. The van der Waals surface area contributed by atoms with Crippen molar-refractivity contribution in [3.63, 3.8) is 0 Å². The number of rotatable bonds is 4. The minimum Gasteiger partial charge on any atom is -0.460 e. The molecular formula is C18H17F3INO2. The van der Waals surface area contributed by atoms with Crippen molar-refractivity contribution in [3.05, 3.63) is 43.8 Å². The summed E-state index contributed by atoms with van der Waals surface area (Å²) in [5.74, 6) is -4.55. The number of carbonyl (C=O) groups is 1. The van der Waals surface area contributed by atoms with Gasteiger partial charge < -0.3 is 4.74 Å². The average Bonchev–Trinajstić information content (AvgIpc) is 3.10. The molecule has 1 aliphatic carbocycles. The molecule has 3 nitrogen and oxygen atoms in total. The van der Waals surface area contributed by atoms with Crippen molar-refractivity contribution in [2.24, 2.45) is 17.3 Å². The van der Waals surface area contributed by atoms with Crippen molar-refractivity contribution in [2.45, 2.75) is 34.3 Å². The summed E-state index contributed by atoms with van der Waals surface area (Å²) >= 11 is 1.57. The van der Waals surface area contributed by atoms with Gasteiger partial charge in [-0.2, -0.15) is 5.26 Å². The lowest BCUT2D eigenvalue weighted by molar-refractivity contribution is -0.147. The van der Waals surface area contributed by atoms with Gasteiger partial charge in [0.1, 0.15) is 12.4 Å². The Morgan fingerprint density at radius 3 is 2.48 bits per heavy atom. The maximum Gasteiger partial charge on any atom is 0.310 e. The second-order valence-corrected chi connectivity index (χ2v) is 7.83. The van der Waals surface area contributed by atoms with E-state index in [0.717, 1.165) is 6.92 Å². The first-order valence-corrected chi connectivity index (χ1v) is 8.68. The van der Waals surface area contributed by atoms with Crippen molar-refractivity contribution in [2.75, 3.05) is 0 Å². The smallest absolute Gasteiger partial charge is 0.310 e. The summed E-state index contributed by atoms with van der Waals surface area (Å²) in [6, 6.07) is 2.00. The number of esters is 1. The number of nitriles is 1. The van der Waals surface area contributed by atoms with Crippen LogP contribution in [-0.2, 0) is 16.1 Å². The normalized spacial score (nSPS) is 21.6. The molecule has 2 rings (SSSR count). The summed E-state index contributed by atoms with van der Waals surface area (Å²) in [6.45, 7) is 5.97. The topological polar surface area (TPSA) is 50.1 Å². The largest absolute Gasteiger partial charge is 0.460 e. The lowest BCUT2D eigenvalue weighted by Crippen LogP contribution is -2.13. The molecule has 1 aromatic rings. The van der Waals surface area contributed by atoms with Gasteiger partial charge in [-0.15, -0.1) is 0 Å². The fourth-order valence-corrected chi connectivity index (χ4v) is 3.69. The Morgan fingerprint density at radius 1 is 1.32 bits per heavy atom. The van der Waals surface area contributed by atoms with Crippen LogP contribution in [-0.4, -0.2) is 5.97 Å². The highest BCUT2D eigenvalue weighted by atomic mass is 127. The van der Waals surface area contributed by atoms with Crippen LogP contribution in [0, 0.1) is 56.5 Å². The van der Waals surface area contributed by atoms with Gasteiger partial charge in [-0.25, -0.2) is 13.2 Å². The van der Waals surface area contributed by atoms with E-state index < -0.39 is 41.5 Å². The average molecular weight is 463 g/mol. The fourth-order valence-electron chi connectivity index (χ4n) is 2.89. The molecule has 1 aliphatic rings. The van der Waals surface area contributed by atoms with E-state index in [1.807, 2.05) is 19.9 Å². The molecule has 0 spiro atoms. The van der Waals surface area contributed by atoms with Gasteiger partial charge in [-0.1, -0.05) is 19.9 Å². The summed E-state index contributed by atoms with van der Waals surface area (Å²) in [4.78, 5) is 12.3. The van der Waals surface area contributed by atoms with Gasteiger partial charge in [-0.05, 0) is 47.8 Å². The molecular weight excluding hydrogens is 446 g/mol. The van der Waals surface area contributed by atoms with Crippen LogP contribution in [0.15, 0.2) is 11.6 Å². The predicted octanol–water partition coefficient (Wildman–Crippen LogP) is 4.80. The predicted molar refractivity (Wildman–Crippen MR) is 93.7 cm³/mol. The van der Waals surface area contributed by atoms with Gasteiger partial charge in [-0.3, -0.25) is 4.79 Å². The van der Waals surface area contributed by atoms with Crippen molar-refractivity contribution >= 4 is 28.6 Å². The SMILES string of the molecule is CC(C#N)=C[C@@H]1[C@@H](C(=O)OCc2c(F)c(F)c(C)c(F)c2I)C1(C)C. The summed E-state index contributed by atoms with van der Waals surface area (Å²) in [7, 11) is 0. The van der Waals surface area contributed by atoms with Crippen LogP contribution < -0.4 is 0 Å². The Morgan fingerprint density at radius 2 is 1.92 bits per heavy atom. The number of hydrogen-bond acceptors (Lipinski definition) is 3. The summed E-state index contributed by atoms with van der Waals surface area (Å²) in [5, 5.41) is 8.85. The van der Waals surface area contributed by atoms with Gasteiger partial charge in [0.15, 0.2) is 11.6 Å². The number of ether oxygens (including phenoxy) is 1. The van der Waals surface area contributed by atoms with Gasteiger partial charge in [0.25, 0.3) is 0 Å². The number of hydrogen-bond donors (Lipinski definition) is 0. The molecule has 0 aromatic heterocycles. The van der Waals surface area contributed by atoms with Crippen LogP contribution in [0.25, 0.3) is 0 Å². The van der Waals surface area contributed by atoms with Crippen LogP contribution in [0.1, 0.15) is 31.9 Å². The van der Waals surface area contributed by atoms with E-state index in [1.165, 1.54) is 0 Å². The summed E-state index contributed by atoms with van der Waals surface area (Å²) in [6.07, 6.45) is 1.71. The van der Waals surface area contributed by atoms with E-state index in [9.17, 15) is 18.0 Å². The van der Waals surface area contributed by atoms with E-state index in [1.54, 1.807) is 35.6 Å². The number of halogens is 4. The molecule has 0 radical (unpaired) electrons. The highest BCUT2D eigenvalue weighted by Gasteiger charge is 2.61. The molecule has 0 heterocycles. The molecule has 0 bridgehead atoms. The standard InChI is InChI=1S/C18H17F3INO2/c1-8(6-23)5-11-12(18(11,3)4)17(24)25-7-10-15(21)13(19)9(2)14(20)16(10)22/h5,11-12H,7H2,1-4H3/t11-,12+/m1/s1. The molecule has 0 saturated heterocycles. The molecule has 25 heavy (non-hydrogen) atoms. The van der Waals surface area contributed by atoms with Crippen LogP contribution in [0.4, 0.5) is 13.2 Å². The second kappa shape index (κ2) is 6.98. The molecule has 7 heteroatoms. The van der Waals surface area contributed by atoms with E-state index in [4.69, 9.17) is 10.00 Å². The molecule has 1 aromatic carbocycles. The molecule has 134 valence electrons. The van der Waals surface area contributed by atoms with Gasteiger partial charge in [0, 0.05) is 16.7 Å². The van der Waals surface area contributed by atoms with Gasteiger partial charge >= 0.3 is 5.97 Å². The third-order valence-electron chi connectivity index (χ3n) is 4.70. The maximum atomic E-state index is 14.0. The first-order chi connectivity index (χ1) is 11.5. The number of allylic oxidation sites excluding steroid dienone is 2. The van der Waals surface area contributed by atoms with E-state index >= 15 is 0 Å². The molecule has 1 saturated carbocycles. The van der Waals surface area contributed by atoms with Gasteiger partial charge in [0.2, 0.25) is 0 Å². The molecule has 0 unspecified atom stereocenters. The summed E-state index contributed by atoms with van der Waals surface area (Å²) < 4.78 is 46.6. The van der Waals surface area contributed by atoms with Crippen molar-refractivity contribution in [3.8, 4) is 6.07 Å². The van der Waals surface area contributed by atoms with Crippen molar-refractivity contribution in [1.82, 2.24) is 0 Å².